The molecular formula is C13H15NO2. The highest BCUT2D eigenvalue weighted by Gasteiger charge is 2.41. The lowest BCUT2D eigenvalue weighted by Gasteiger charge is -2.17. The number of phenols is 1. The van der Waals surface area contributed by atoms with Crippen LogP contribution in [0.2, 0.25) is 0 Å². The van der Waals surface area contributed by atoms with Crippen LogP contribution in [0.3, 0.4) is 0 Å². The number of phenolic OH excluding ortho intramolecular Hbond substituents is 1. The Morgan fingerprint density at radius 2 is 2.19 bits per heavy atom. The van der Waals surface area contributed by atoms with Gasteiger partial charge in [-0.05, 0) is 31.9 Å². The maximum Gasteiger partial charge on any atom is 0.234 e. The lowest BCUT2D eigenvalue weighted by atomic mass is 9.84. The fourth-order valence-electron chi connectivity index (χ4n) is 2.08. The van der Waals surface area contributed by atoms with Gasteiger partial charge in [0.2, 0.25) is 5.91 Å². The van der Waals surface area contributed by atoms with Crippen molar-refractivity contribution in [3.05, 3.63) is 35.9 Å². The van der Waals surface area contributed by atoms with Crippen LogP contribution in [0.5, 0.6) is 5.75 Å². The van der Waals surface area contributed by atoms with Crippen LogP contribution in [-0.4, -0.2) is 11.0 Å². The number of rotatable bonds is 2. The van der Waals surface area contributed by atoms with Gasteiger partial charge in [-0.15, -0.1) is 6.58 Å². The Labute approximate surface area is 94.8 Å². The van der Waals surface area contributed by atoms with Crippen LogP contribution in [0.15, 0.2) is 24.8 Å². The average molecular weight is 217 g/mol. The number of anilines is 1. The number of benzene rings is 1. The maximum absolute atomic E-state index is 11.7. The van der Waals surface area contributed by atoms with Crippen molar-refractivity contribution in [1.29, 1.82) is 0 Å². The monoisotopic (exact) mass is 217 g/mol. The molecule has 0 bridgehead atoms. The molecule has 3 nitrogen and oxygen atoms in total. The zero-order chi connectivity index (χ0) is 11.9. The number of allylic oxidation sites excluding steroid dienone is 1. The van der Waals surface area contributed by atoms with E-state index >= 15 is 0 Å². The predicted octanol–water partition coefficient (Wildman–Crippen LogP) is 2.35. The first-order valence-corrected chi connectivity index (χ1v) is 5.26. The summed E-state index contributed by atoms with van der Waals surface area (Å²) in [6.45, 7) is 7.27. The molecule has 0 saturated heterocycles. The second-order valence-electron chi connectivity index (χ2n) is 4.57. The SMILES string of the molecule is C=CCc1ccc2c(c1O)C(C)(C)C(=O)N2. The lowest BCUT2D eigenvalue weighted by Crippen LogP contribution is -2.27. The molecule has 1 aromatic rings. The Morgan fingerprint density at radius 1 is 1.50 bits per heavy atom. The molecule has 1 heterocycles. The highest BCUT2D eigenvalue weighted by atomic mass is 16.3. The van der Waals surface area contributed by atoms with Crippen LogP contribution in [0, 0.1) is 0 Å². The van der Waals surface area contributed by atoms with Crippen molar-refractivity contribution in [1.82, 2.24) is 0 Å². The van der Waals surface area contributed by atoms with Crippen molar-refractivity contribution in [3.8, 4) is 5.75 Å². The Morgan fingerprint density at radius 3 is 2.81 bits per heavy atom. The molecule has 0 saturated carbocycles. The molecule has 1 aromatic carbocycles. The van der Waals surface area contributed by atoms with Gasteiger partial charge in [0.15, 0.2) is 0 Å². The van der Waals surface area contributed by atoms with Crippen LogP contribution in [0.1, 0.15) is 25.0 Å². The number of hydrogen-bond acceptors (Lipinski definition) is 2. The molecule has 0 unspecified atom stereocenters. The molecule has 3 heteroatoms. The molecule has 2 rings (SSSR count). The molecule has 1 aliphatic heterocycles. The Bertz CT molecular complexity index is 475. The van der Waals surface area contributed by atoms with Crippen molar-refractivity contribution in [2.45, 2.75) is 25.7 Å². The minimum atomic E-state index is -0.670. The van der Waals surface area contributed by atoms with Gasteiger partial charge >= 0.3 is 0 Å². The average Bonchev–Trinajstić information content (AvgIpc) is 2.44. The summed E-state index contributed by atoms with van der Waals surface area (Å²) in [6, 6.07) is 3.65. The smallest absolute Gasteiger partial charge is 0.234 e. The molecule has 0 spiro atoms. The molecule has 0 aromatic heterocycles. The van der Waals surface area contributed by atoms with E-state index in [9.17, 15) is 9.90 Å². The van der Waals surface area contributed by atoms with E-state index in [-0.39, 0.29) is 11.7 Å². The number of carbonyl (C=O) groups excluding carboxylic acids is 1. The van der Waals surface area contributed by atoms with E-state index in [2.05, 4.69) is 11.9 Å². The van der Waals surface area contributed by atoms with Gasteiger partial charge in [0.25, 0.3) is 0 Å². The number of fused-ring (bicyclic) bond motifs is 1. The number of amides is 1. The van der Waals surface area contributed by atoms with Gasteiger partial charge in [-0.2, -0.15) is 0 Å². The van der Waals surface area contributed by atoms with Gasteiger partial charge in [0, 0.05) is 11.3 Å². The molecule has 0 aliphatic carbocycles. The predicted molar refractivity (Wildman–Crippen MR) is 63.7 cm³/mol. The quantitative estimate of drug-likeness (QED) is 0.747. The summed E-state index contributed by atoms with van der Waals surface area (Å²) in [5.74, 6) is 0.134. The number of hydrogen-bond donors (Lipinski definition) is 2. The van der Waals surface area contributed by atoms with E-state index in [1.807, 2.05) is 26.0 Å². The lowest BCUT2D eigenvalue weighted by molar-refractivity contribution is -0.119. The van der Waals surface area contributed by atoms with E-state index in [0.29, 0.717) is 17.7 Å². The summed E-state index contributed by atoms with van der Waals surface area (Å²) in [5.41, 5.74) is 1.53. The third-order valence-electron chi connectivity index (χ3n) is 3.07. The first kappa shape index (κ1) is 10.7. The molecular weight excluding hydrogens is 202 g/mol. The van der Waals surface area contributed by atoms with E-state index in [1.165, 1.54) is 0 Å². The van der Waals surface area contributed by atoms with E-state index in [4.69, 9.17) is 0 Å². The Hall–Kier alpha value is -1.77. The van der Waals surface area contributed by atoms with Crippen LogP contribution in [0.4, 0.5) is 5.69 Å². The summed E-state index contributed by atoms with van der Waals surface area (Å²) in [6.07, 6.45) is 2.34. The van der Waals surface area contributed by atoms with Gasteiger partial charge in [0.05, 0.1) is 5.41 Å². The van der Waals surface area contributed by atoms with Crippen molar-refractivity contribution >= 4 is 11.6 Å². The van der Waals surface area contributed by atoms with Gasteiger partial charge in [-0.3, -0.25) is 4.79 Å². The van der Waals surface area contributed by atoms with E-state index in [1.54, 1.807) is 6.08 Å². The summed E-state index contributed by atoms with van der Waals surface area (Å²) < 4.78 is 0. The van der Waals surface area contributed by atoms with E-state index < -0.39 is 5.41 Å². The molecule has 0 atom stereocenters. The van der Waals surface area contributed by atoms with Crippen LogP contribution in [-0.2, 0) is 16.6 Å². The normalized spacial score (nSPS) is 16.8. The summed E-state index contributed by atoms with van der Waals surface area (Å²) in [5, 5.41) is 12.9. The fourth-order valence-corrected chi connectivity index (χ4v) is 2.08. The molecule has 1 aliphatic rings. The number of aromatic hydroxyl groups is 1. The first-order chi connectivity index (χ1) is 7.48. The minimum absolute atomic E-state index is 0.0754. The van der Waals surface area contributed by atoms with Crippen LogP contribution in [0.25, 0.3) is 0 Å². The van der Waals surface area contributed by atoms with Crippen molar-refractivity contribution in [3.63, 3.8) is 0 Å². The van der Waals surface area contributed by atoms with Crippen molar-refractivity contribution in [2.75, 3.05) is 5.32 Å². The largest absolute Gasteiger partial charge is 0.507 e. The summed E-state index contributed by atoms with van der Waals surface area (Å²) >= 11 is 0. The molecule has 0 radical (unpaired) electrons. The molecule has 2 N–H and O–H groups in total. The first-order valence-electron chi connectivity index (χ1n) is 5.26. The second-order valence-corrected chi connectivity index (χ2v) is 4.57. The van der Waals surface area contributed by atoms with Gasteiger partial charge in [-0.25, -0.2) is 0 Å². The minimum Gasteiger partial charge on any atom is -0.507 e. The topological polar surface area (TPSA) is 49.3 Å². The molecule has 84 valence electrons. The zero-order valence-corrected chi connectivity index (χ0v) is 9.50. The highest BCUT2D eigenvalue weighted by Crippen LogP contribution is 2.44. The maximum atomic E-state index is 11.7. The van der Waals surface area contributed by atoms with Crippen LogP contribution < -0.4 is 5.32 Å². The third kappa shape index (κ3) is 1.32. The van der Waals surface area contributed by atoms with Gasteiger partial charge in [-0.1, -0.05) is 12.1 Å². The van der Waals surface area contributed by atoms with Gasteiger partial charge in [0.1, 0.15) is 5.75 Å². The summed E-state index contributed by atoms with van der Waals surface area (Å²) in [7, 11) is 0. The van der Waals surface area contributed by atoms with Crippen molar-refractivity contribution < 1.29 is 9.90 Å². The van der Waals surface area contributed by atoms with E-state index in [0.717, 1.165) is 5.56 Å². The molecule has 0 fully saturated rings. The zero-order valence-electron chi connectivity index (χ0n) is 9.50. The molecule has 16 heavy (non-hydrogen) atoms. The standard InChI is InChI=1S/C13H15NO2/c1-4-5-8-6-7-9-10(11(8)15)13(2,3)12(16)14-9/h4,6-7,15H,1,5H2,2-3H3,(H,14,16). The van der Waals surface area contributed by atoms with Crippen molar-refractivity contribution in [2.24, 2.45) is 0 Å². The highest BCUT2D eigenvalue weighted by molar-refractivity contribution is 6.06. The fraction of sp³-hybridized carbons (Fsp3) is 0.308. The van der Waals surface area contributed by atoms with Crippen LogP contribution >= 0.6 is 0 Å². The number of carbonyl (C=O) groups is 1. The Balaban J connectivity index is 2.62. The summed E-state index contributed by atoms with van der Waals surface area (Å²) in [4.78, 5) is 11.7. The second kappa shape index (κ2) is 3.37. The number of nitrogens with one attached hydrogen (secondary N) is 1. The van der Waals surface area contributed by atoms with Gasteiger partial charge < -0.3 is 10.4 Å². The third-order valence-corrected chi connectivity index (χ3v) is 3.07. The Kier molecular flexibility index (Phi) is 2.26. The molecule has 1 amide bonds.